The van der Waals surface area contributed by atoms with Crippen LogP contribution in [-0.2, 0) is 18.4 Å². The second kappa shape index (κ2) is 38.5. The quantitative estimate of drug-likeness (QED) is 0.0246. The van der Waals surface area contributed by atoms with Gasteiger partial charge in [-0.25, -0.2) is 4.57 Å². The molecule has 0 aliphatic carbocycles. The Balaban J connectivity index is 4.34. The number of rotatable bonds is 42. The lowest BCUT2D eigenvalue weighted by Gasteiger charge is -2.25. The third-order valence-corrected chi connectivity index (χ3v) is 11.4. The summed E-state index contributed by atoms with van der Waals surface area (Å²) in [5, 5.41) is 13.8. The summed E-state index contributed by atoms with van der Waals surface area (Å²) in [5.41, 5.74) is 0. The lowest BCUT2D eigenvalue weighted by Crippen LogP contribution is -2.45. The molecule has 0 aliphatic heterocycles. The zero-order valence-corrected chi connectivity index (χ0v) is 37.8. The van der Waals surface area contributed by atoms with E-state index in [4.69, 9.17) is 9.05 Å². The van der Waals surface area contributed by atoms with Gasteiger partial charge in [0.1, 0.15) is 13.2 Å². The van der Waals surface area contributed by atoms with Gasteiger partial charge in [0.15, 0.2) is 0 Å². The van der Waals surface area contributed by atoms with Crippen molar-refractivity contribution in [2.24, 2.45) is 0 Å². The highest BCUT2D eigenvalue weighted by Crippen LogP contribution is 2.43. The number of hydrogen-bond acceptors (Lipinski definition) is 5. The number of hydrogen-bond donors (Lipinski definition) is 3. The van der Waals surface area contributed by atoms with Crippen LogP contribution >= 0.6 is 7.82 Å². The third kappa shape index (κ3) is 41.0. The SMILES string of the molecule is CCCCC/C=C\CCCCCCCC(=O)NC(COP(=O)(O)OCC[N+](C)(C)C)C(O)/C=C/CCCCCCCCCCCCCCCCCCCCC. The Bertz CT molecular complexity index is 953. The van der Waals surface area contributed by atoms with Crippen LogP contribution < -0.4 is 5.32 Å². The predicted octanol–water partition coefficient (Wildman–Crippen LogP) is 12.9. The Hall–Kier alpha value is -1.02. The molecule has 0 saturated heterocycles. The van der Waals surface area contributed by atoms with E-state index in [1.54, 1.807) is 6.08 Å². The molecule has 1 amide bonds. The Morgan fingerprint density at radius 3 is 1.44 bits per heavy atom. The first-order valence-electron chi connectivity index (χ1n) is 23.2. The maximum absolute atomic E-state index is 12.8. The Morgan fingerprint density at radius 2 is 0.982 bits per heavy atom. The first-order valence-corrected chi connectivity index (χ1v) is 24.7. The van der Waals surface area contributed by atoms with Crippen molar-refractivity contribution in [1.82, 2.24) is 5.32 Å². The van der Waals surface area contributed by atoms with Gasteiger partial charge < -0.3 is 19.8 Å². The van der Waals surface area contributed by atoms with Gasteiger partial charge >= 0.3 is 7.82 Å². The molecule has 0 aromatic rings. The molecule has 3 N–H and O–H groups in total. The fraction of sp³-hybridized carbons (Fsp3) is 0.891. The lowest BCUT2D eigenvalue weighted by molar-refractivity contribution is -0.870. The van der Waals surface area contributed by atoms with E-state index in [-0.39, 0.29) is 19.1 Å². The van der Waals surface area contributed by atoms with E-state index in [0.717, 1.165) is 51.4 Å². The second-order valence-corrected chi connectivity index (χ2v) is 18.6. The molecule has 9 heteroatoms. The number of phosphoric acid groups is 1. The van der Waals surface area contributed by atoms with Crippen molar-refractivity contribution in [3.63, 3.8) is 0 Å². The zero-order valence-electron chi connectivity index (χ0n) is 36.9. The monoisotopic (exact) mass is 800 g/mol. The summed E-state index contributed by atoms with van der Waals surface area (Å²) in [5.74, 6) is -0.186. The van der Waals surface area contributed by atoms with Crippen molar-refractivity contribution < 1.29 is 32.9 Å². The molecule has 0 bridgehead atoms. The van der Waals surface area contributed by atoms with Gasteiger partial charge in [0.05, 0.1) is 39.9 Å². The van der Waals surface area contributed by atoms with Gasteiger partial charge in [-0.3, -0.25) is 13.8 Å². The molecule has 0 aromatic heterocycles. The predicted molar refractivity (Wildman–Crippen MR) is 235 cm³/mol. The average Bonchev–Trinajstić information content (AvgIpc) is 3.13. The summed E-state index contributed by atoms with van der Waals surface area (Å²) in [4.78, 5) is 23.1. The van der Waals surface area contributed by atoms with E-state index < -0.39 is 20.0 Å². The number of nitrogens with zero attached hydrogens (tertiary/aromatic N) is 1. The fourth-order valence-corrected chi connectivity index (χ4v) is 7.42. The summed E-state index contributed by atoms with van der Waals surface area (Å²) >= 11 is 0. The van der Waals surface area contributed by atoms with Crippen LogP contribution in [0.1, 0.15) is 213 Å². The molecule has 55 heavy (non-hydrogen) atoms. The minimum absolute atomic E-state index is 0.0610. The van der Waals surface area contributed by atoms with Crippen LogP contribution in [0, 0.1) is 0 Å². The molecule has 3 atom stereocenters. The summed E-state index contributed by atoms with van der Waals surface area (Å²) in [6.45, 7) is 4.79. The summed E-state index contributed by atoms with van der Waals surface area (Å²) in [7, 11) is 1.57. The summed E-state index contributed by atoms with van der Waals surface area (Å²) < 4.78 is 23.6. The molecule has 8 nitrogen and oxygen atoms in total. The first-order chi connectivity index (χ1) is 26.5. The Kier molecular flexibility index (Phi) is 37.8. The molecule has 0 aliphatic rings. The largest absolute Gasteiger partial charge is 0.472 e. The van der Waals surface area contributed by atoms with Crippen LogP contribution in [0.15, 0.2) is 24.3 Å². The molecule has 0 rings (SSSR count). The Labute approximate surface area is 341 Å². The van der Waals surface area contributed by atoms with Gasteiger partial charge in [-0.05, 0) is 44.9 Å². The maximum atomic E-state index is 12.8. The smallest absolute Gasteiger partial charge is 0.387 e. The zero-order chi connectivity index (χ0) is 40.7. The molecule has 0 radical (unpaired) electrons. The number of aliphatic hydroxyl groups is 1. The number of quaternary nitrogens is 1. The number of carbonyl (C=O) groups excluding carboxylic acids is 1. The molecule has 0 fully saturated rings. The topological polar surface area (TPSA) is 105 Å². The number of nitrogens with one attached hydrogen (secondary N) is 1. The van der Waals surface area contributed by atoms with Crippen molar-refractivity contribution in [3.05, 3.63) is 24.3 Å². The van der Waals surface area contributed by atoms with Crippen molar-refractivity contribution in [2.75, 3.05) is 40.9 Å². The van der Waals surface area contributed by atoms with Crippen molar-refractivity contribution in [1.29, 1.82) is 0 Å². The van der Waals surface area contributed by atoms with Gasteiger partial charge in [-0.1, -0.05) is 186 Å². The van der Waals surface area contributed by atoms with E-state index in [9.17, 15) is 19.4 Å². The minimum atomic E-state index is -4.34. The standard InChI is InChI=1S/C46H91N2O6P/c1-6-8-10-12-14-16-18-20-21-22-23-24-25-26-27-28-29-31-33-35-37-39-45(49)44(43-54-55(51,52)53-42-41-48(3,4)5)47-46(50)40-38-36-34-32-30-19-17-15-13-11-9-7-2/h15,17,37,39,44-45,49H,6-14,16,18-36,38,40-43H2,1-5H3,(H-,47,50,51,52)/p+1/b17-15-,39-37+. The van der Waals surface area contributed by atoms with Gasteiger partial charge in [-0.15, -0.1) is 0 Å². The number of allylic oxidation sites excluding steroid dienone is 3. The fourth-order valence-electron chi connectivity index (χ4n) is 6.68. The molecular weight excluding hydrogens is 707 g/mol. The van der Waals surface area contributed by atoms with Gasteiger partial charge in [0.2, 0.25) is 5.91 Å². The van der Waals surface area contributed by atoms with Gasteiger partial charge in [0, 0.05) is 6.42 Å². The molecule has 0 spiro atoms. The highest BCUT2D eigenvalue weighted by molar-refractivity contribution is 7.47. The van der Waals surface area contributed by atoms with Crippen molar-refractivity contribution in [2.45, 2.75) is 225 Å². The summed E-state index contributed by atoms with van der Waals surface area (Å²) in [6, 6.07) is -0.847. The normalized spacial score (nSPS) is 14.5. The van der Waals surface area contributed by atoms with E-state index in [0.29, 0.717) is 17.4 Å². The van der Waals surface area contributed by atoms with E-state index in [2.05, 4.69) is 31.3 Å². The maximum Gasteiger partial charge on any atom is 0.472 e. The highest BCUT2D eigenvalue weighted by atomic mass is 31.2. The van der Waals surface area contributed by atoms with Gasteiger partial charge in [0.25, 0.3) is 0 Å². The molecule has 326 valence electrons. The van der Waals surface area contributed by atoms with Crippen LogP contribution in [0.2, 0.25) is 0 Å². The number of likely N-dealkylation sites (N-methyl/N-ethyl adjacent to an activating group) is 1. The highest BCUT2D eigenvalue weighted by Gasteiger charge is 2.27. The molecule has 0 aromatic carbocycles. The van der Waals surface area contributed by atoms with E-state index in [1.807, 2.05) is 27.2 Å². The Morgan fingerprint density at radius 1 is 0.600 bits per heavy atom. The van der Waals surface area contributed by atoms with E-state index >= 15 is 0 Å². The minimum Gasteiger partial charge on any atom is -0.387 e. The average molecular weight is 800 g/mol. The number of carbonyl (C=O) groups is 1. The van der Waals surface area contributed by atoms with Crippen LogP contribution in [0.25, 0.3) is 0 Å². The summed E-state index contributed by atoms with van der Waals surface area (Å²) in [6.07, 6.45) is 45.4. The molecule has 0 saturated carbocycles. The number of amides is 1. The number of aliphatic hydroxyl groups excluding tert-OH is 1. The molecule has 0 heterocycles. The van der Waals surface area contributed by atoms with Crippen LogP contribution in [-0.4, -0.2) is 73.4 Å². The number of unbranched alkanes of at least 4 members (excludes halogenated alkanes) is 27. The lowest BCUT2D eigenvalue weighted by atomic mass is 10.0. The van der Waals surface area contributed by atoms with Crippen molar-refractivity contribution in [3.8, 4) is 0 Å². The van der Waals surface area contributed by atoms with E-state index in [1.165, 1.54) is 141 Å². The number of phosphoric ester groups is 1. The first kappa shape index (κ1) is 54.0. The second-order valence-electron chi connectivity index (χ2n) is 17.1. The van der Waals surface area contributed by atoms with Gasteiger partial charge in [-0.2, -0.15) is 0 Å². The van der Waals surface area contributed by atoms with Crippen LogP contribution in [0.5, 0.6) is 0 Å². The van der Waals surface area contributed by atoms with Crippen LogP contribution in [0.3, 0.4) is 0 Å². The molecule has 3 unspecified atom stereocenters. The third-order valence-electron chi connectivity index (χ3n) is 10.4. The van der Waals surface area contributed by atoms with Crippen molar-refractivity contribution >= 4 is 13.7 Å². The molecular formula is C46H92N2O6P+. The van der Waals surface area contributed by atoms with Crippen LogP contribution in [0.4, 0.5) is 0 Å².